The molecular formula is C12H11ClFN3S. The van der Waals surface area contributed by atoms with Crippen LogP contribution in [0.15, 0.2) is 29.4 Å². The highest BCUT2D eigenvalue weighted by molar-refractivity contribution is 7.98. The maximum absolute atomic E-state index is 13.4. The van der Waals surface area contributed by atoms with Crippen molar-refractivity contribution in [1.29, 1.82) is 0 Å². The molecule has 0 saturated carbocycles. The Balaban J connectivity index is 2.34. The standard InChI is InChI=1S/C12H11ClFN3S/c1-7-8(14)4-3-5-9(7)15-11-6-10(13)16-12(17-11)18-2/h3-6H,1-2H3,(H,15,16,17). The lowest BCUT2D eigenvalue weighted by Crippen LogP contribution is -1.99. The van der Waals surface area contributed by atoms with Gasteiger partial charge in [-0.3, -0.25) is 0 Å². The molecule has 1 aromatic heterocycles. The second-order valence-electron chi connectivity index (χ2n) is 3.60. The second-order valence-corrected chi connectivity index (χ2v) is 4.76. The number of thioether (sulfide) groups is 1. The first kappa shape index (κ1) is 13.1. The van der Waals surface area contributed by atoms with Crippen LogP contribution in [0.4, 0.5) is 15.9 Å². The Morgan fingerprint density at radius 3 is 2.83 bits per heavy atom. The van der Waals surface area contributed by atoms with E-state index in [4.69, 9.17) is 11.6 Å². The number of nitrogens with zero attached hydrogens (tertiary/aromatic N) is 2. The van der Waals surface area contributed by atoms with Crippen LogP contribution in [-0.4, -0.2) is 16.2 Å². The van der Waals surface area contributed by atoms with Crippen LogP contribution in [0.5, 0.6) is 0 Å². The maximum Gasteiger partial charge on any atom is 0.190 e. The van der Waals surface area contributed by atoms with Gasteiger partial charge in [0.05, 0.1) is 0 Å². The zero-order valence-electron chi connectivity index (χ0n) is 9.87. The fourth-order valence-electron chi connectivity index (χ4n) is 1.43. The Labute approximate surface area is 114 Å². The molecule has 94 valence electrons. The fraction of sp³-hybridized carbons (Fsp3) is 0.167. The highest BCUT2D eigenvalue weighted by atomic mass is 35.5. The monoisotopic (exact) mass is 283 g/mol. The van der Waals surface area contributed by atoms with Crippen LogP contribution >= 0.6 is 23.4 Å². The maximum atomic E-state index is 13.4. The molecule has 18 heavy (non-hydrogen) atoms. The van der Waals surface area contributed by atoms with Gasteiger partial charge in [-0.15, -0.1) is 0 Å². The molecule has 0 bridgehead atoms. The second kappa shape index (κ2) is 5.54. The number of hydrogen-bond donors (Lipinski definition) is 1. The highest BCUT2D eigenvalue weighted by Crippen LogP contribution is 2.24. The van der Waals surface area contributed by atoms with Crippen LogP contribution in [0.3, 0.4) is 0 Å². The lowest BCUT2D eigenvalue weighted by atomic mass is 10.2. The van der Waals surface area contributed by atoms with Crippen molar-refractivity contribution in [3.63, 3.8) is 0 Å². The van der Waals surface area contributed by atoms with Crippen molar-refractivity contribution < 1.29 is 4.39 Å². The van der Waals surface area contributed by atoms with E-state index in [1.165, 1.54) is 17.8 Å². The molecule has 0 aliphatic carbocycles. The first-order valence-electron chi connectivity index (χ1n) is 5.21. The van der Waals surface area contributed by atoms with E-state index < -0.39 is 0 Å². The number of nitrogens with one attached hydrogen (secondary N) is 1. The van der Waals surface area contributed by atoms with Gasteiger partial charge >= 0.3 is 0 Å². The number of halogens is 2. The summed E-state index contributed by atoms with van der Waals surface area (Å²) in [5.74, 6) is 0.290. The summed E-state index contributed by atoms with van der Waals surface area (Å²) in [6, 6.07) is 6.45. The topological polar surface area (TPSA) is 37.8 Å². The van der Waals surface area contributed by atoms with Crippen molar-refractivity contribution in [3.05, 3.63) is 40.8 Å². The van der Waals surface area contributed by atoms with Crippen LogP contribution in [0.2, 0.25) is 5.15 Å². The summed E-state index contributed by atoms with van der Waals surface area (Å²) in [5.41, 5.74) is 1.20. The van der Waals surface area contributed by atoms with Gasteiger partial charge in [0.1, 0.15) is 16.8 Å². The summed E-state index contributed by atoms with van der Waals surface area (Å²) in [4.78, 5) is 8.29. The van der Waals surface area contributed by atoms with E-state index in [9.17, 15) is 4.39 Å². The highest BCUT2D eigenvalue weighted by Gasteiger charge is 2.06. The summed E-state index contributed by atoms with van der Waals surface area (Å²) in [5, 5.41) is 3.96. The molecule has 0 radical (unpaired) electrons. The molecule has 0 amide bonds. The molecule has 0 atom stereocenters. The molecule has 6 heteroatoms. The van der Waals surface area contributed by atoms with Crippen molar-refractivity contribution >= 4 is 34.9 Å². The minimum atomic E-state index is -0.259. The van der Waals surface area contributed by atoms with Crippen molar-refractivity contribution in [3.8, 4) is 0 Å². The third-order valence-electron chi connectivity index (χ3n) is 2.39. The molecular weight excluding hydrogens is 273 g/mol. The van der Waals surface area contributed by atoms with E-state index in [-0.39, 0.29) is 5.82 Å². The van der Waals surface area contributed by atoms with E-state index in [2.05, 4.69) is 15.3 Å². The van der Waals surface area contributed by atoms with Gasteiger partial charge < -0.3 is 5.32 Å². The summed E-state index contributed by atoms with van der Waals surface area (Å²) in [6.45, 7) is 1.70. The molecule has 0 spiro atoms. The molecule has 3 nitrogen and oxygen atoms in total. The van der Waals surface area contributed by atoms with Gasteiger partial charge in [-0.1, -0.05) is 29.4 Å². The quantitative estimate of drug-likeness (QED) is 0.524. The average Bonchev–Trinajstić information content (AvgIpc) is 2.34. The van der Waals surface area contributed by atoms with Crippen LogP contribution in [0.1, 0.15) is 5.56 Å². The molecule has 0 aliphatic rings. The summed E-state index contributed by atoms with van der Waals surface area (Å²) < 4.78 is 13.4. The van der Waals surface area contributed by atoms with E-state index in [0.29, 0.717) is 27.4 Å². The van der Waals surface area contributed by atoms with Gasteiger partial charge in [0.2, 0.25) is 0 Å². The third-order valence-corrected chi connectivity index (χ3v) is 3.13. The Bertz CT molecular complexity index is 577. The Kier molecular flexibility index (Phi) is 4.04. The van der Waals surface area contributed by atoms with Crippen LogP contribution in [0, 0.1) is 12.7 Å². The van der Waals surface area contributed by atoms with E-state index in [1.54, 1.807) is 25.1 Å². The average molecular weight is 284 g/mol. The van der Waals surface area contributed by atoms with Crippen LogP contribution < -0.4 is 5.32 Å². The van der Waals surface area contributed by atoms with Gasteiger partial charge in [-0.25, -0.2) is 14.4 Å². The van der Waals surface area contributed by atoms with Crippen molar-refractivity contribution in [1.82, 2.24) is 9.97 Å². The van der Waals surface area contributed by atoms with Gasteiger partial charge in [0.25, 0.3) is 0 Å². The summed E-state index contributed by atoms with van der Waals surface area (Å²) in [6.07, 6.45) is 1.86. The number of anilines is 2. The molecule has 1 N–H and O–H groups in total. The summed E-state index contributed by atoms with van der Waals surface area (Å²) >= 11 is 7.28. The van der Waals surface area contributed by atoms with E-state index in [0.717, 1.165) is 0 Å². The third kappa shape index (κ3) is 2.91. The largest absolute Gasteiger partial charge is 0.340 e. The van der Waals surface area contributed by atoms with Gasteiger partial charge in [-0.2, -0.15) is 0 Å². The predicted octanol–water partition coefficient (Wildman–Crippen LogP) is 4.04. The lowest BCUT2D eigenvalue weighted by Gasteiger charge is -2.10. The Morgan fingerprint density at radius 1 is 1.33 bits per heavy atom. The zero-order chi connectivity index (χ0) is 13.1. The van der Waals surface area contributed by atoms with E-state index >= 15 is 0 Å². The molecule has 0 fully saturated rings. The molecule has 0 unspecified atom stereocenters. The number of benzene rings is 1. The predicted molar refractivity (Wildman–Crippen MR) is 73.2 cm³/mol. The number of hydrogen-bond acceptors (Lipinski definition) is 4. The minimum Gasteiger partial charge on any atom is -0.340 e. The summed E-state index contributed by atoms with van der Waals surface area (Å²) in [7, 11) is 0. The van der Waals surface area contributed by atoms with Gasteiger partial charge in [0.15, 0.2) is 5.16 Å². The van der Waals surface area contributed by atoms with Gasteiger partial charge in [0, 0.05) is 17.3 Å². The smallest absolute Gasteiger partial charge is 0.190 e. The molecule has 2 rings (SSSR count). The van der Waals surface area contributed by atoms with Crippen molar-refractivity contribution in [2.75, 3.05) is 11.6 Å². The molecule has 2 aromatic rings. The first-order valence-corrected chi connectivity index (χ1v) is 6.81. The fourth-order valence-corrected chi connectivity index (χ4v) is 2.05. The van der Waals surface area contributed by atoms with Crippen molar-refractivity contribution in [2.24, 2.45) is 0 Å². The molecule has 1 heterocycles. The molecule has 1 aromatic carbocycles. The first-order chi connectivity index (χ1) is 8.60. The lowest BCUT2D eigenvalue weighted by molar-refractivity contribution is 0.619. The molecule has 0 saturated heterocycles. The Hall–Kier alpha value is -1.33. The zero-order valence-corrected chi connectivity index (χ0v) is 11.4. The van der Waals surface area contributed by atoms with Crippen LogP contribution in [-0.2, 0) is 0 Å². The van der Waals surface area contributed by atoms with Gasteiger partial charge in [-0.05, 0) is 25.3 Å². The van der Waals surface area contributed by atoms with E-state index in [1.807, 2.05) is 6.26 Å². The van der Waals surface area contributed by atoms with Crippen LogP contribution in [0.25, 0.3) is 0 Å². The normalized spacial score (nSPS) is 10.4. The number of rotatable bonds is 3. The SMILES string of the molecule is CSc1nc(Cl)cc(Nc2cccc(F)c2C)n1. The van der Waals surface area contributed by atoms with Crippen molar-refractivity contribution in [2.45, 2.75) is 12.1 Å². The Morgan fingerprint density at radius 2 is 2.11 bits per heavy atom. The number of aromatic nitrogens is 2. The molecule has 0 aliphatic heterocycles. The minimum absolute atomic E-state index is 0.259.